The third-order valence-electron chi connectivity index (χ3n) is 6.74. The predicted octanol–water partition coefficient (Wildman–Crippen LogP) is 6.74. The van der Waals surface area contributed by atoms with Gasteiger partial charge >= 0.3 is 6.18 Å². The van der Waals surface area contributed by atoms with E-state index in [1.54, 1.807) is 12.1 Å². The van der Waals surface area contributed by atoms with E-state index in [1.165, 1.54) is 24.8 Å². The van der Waals surface area contributed by atoms with E-state index in [0.29, 0.717) is 18.8 Å². The second-order valence-electron chi connectivity index (χ2n) is 9.82. The number of benzene rings is 1. The Balaban J connectivity index is 1.73. The lowest BCUT2D eigenvalue weighted by Crippen LogP contribution is -2.29. The van der Waals surface area contributed by atoms with Crippen LogP contribution < -0.4 is 0 Å². The molecule has 1 aromatic carbocycles. The van der Waals surface area contributed by atoms with Crippen molar-refractivity contribution in [3.05, 3.63) is 64.0 Å². The van der Waals surface area contributed by atoms with E-state index in [0.717, 1.165) is 53.8 Å². The van der Waals surface area contributed by atoms with Gasteiger partial charge < -0.3 is 5.11 Å². The minimum atomic E-state index is -4.32. The molecule has 2 aliphatic rings. The summed E-state index contributed by atoms with van der Waals surface area (Å²) in [5.74, 6) is 0.399. The zero-order valence-corrected chi connectivity index (χ0v) is 17.7. The molecule has 0 radical (unpaired) electrons. The summed E-state index contributed by atoms with van der Waals surface area (Å²) in [4.78, 5) is 4.73. The van der Waals surface area contributed by atoms with E-state index in [2.05, 4.69) is 13.8 Å². The van der Waals surface area contributed by atoms with Crippen LogP contribution in [0.4, 0.5) is 13.2 Å². The number of aliphatic hydroxyl groups is 1. The smallest absolute Gasteiger partial charge is 0.388 e. The van der Waals surface area contributed by atoms with Gasteiger partial charge in [-0.1, -0.05) is 45.2 Å². The molecule has 2 aliphatic carbocycles. The highest BCUT2D eigenvalue weighted by Crippen LogP contribution is 2.46. The average Bonchev–Trinajstić information content (AvgIpc) is 2.68. The Kier molecular flexibility index (Phi) is 5.69. The lowest BCUT2D eigenvalue weighted by Gasteiger charge is -2.38. The van der Waals surface area contributed by atoms with Crippen molar-refractivity contribution >= 4 is 0 Å². The molecule has 162 valence electrons. The molecule has 1 aromatic heterocycles. The quantitative estimate of drug-likeness (QED) is 0.600. The minimum absolute atomic E-state index is 0.0121. The third kappa shape index (κ3) is 4.41. The van der Waals surface area contributed by atoms with Crippen molar-refractivity contribution in [3.63, 3.8) is 0 Å². The topological polar surface area (TPSA) is 33.1 Å². The number of fused-ring (bicyclic) bond motifs is 1. The lowest BCUT2D eigenvalue weighted by molar-refractivity contribution is -0.137. The van der Waals surface area contributed by atoms with Gasteiger partial charge in [0, 0.05) is 17.5 Å². The molecular formula is C25H30F3NO. The maximum atomic E-state index is 12.9. The molecule has 0 amide bonds. The van der Waals surface area contributed by atoms with Crippen LogP contribution in [-0.4, -0.2) is 10.1 Å². The fourth-order valence-electron chi connectivity index (χ4n) is 5.33. The Morgan fingerprint density at radius 1 is 1.03 bits per heavy atom. The number of hydrogen-bond donors (Lipinski definition) is 1. The van der Waals surface area contributed by atoms with Gasteiger partial charge in [-0.15, -0.1) is 0 Å². The fraction of sp³-hybridized carbons (Fsp3) is 0.560. The molecule has 30 heavy (non-hydrogen) atoms. The molecule has 1 unspecified atom stereocenters. The normalized spacial score (nSPS) is 22.0. The molecule has 4 rings (SSSR count). The van der Waals surface area contributed by atoms with E-state index in [9.17, 15) is 18.3 Å². The molecule has 0 saturated heterocycles. The molecule has 2 nitrogen and oxygen atoms in total. The molecule has 1 fully saturated rings. The van der Waals surface area contributed by atoms with Crippen molar-refractivity contribution < 1.29 is 18.3 Å². The number of aromatic nitrogens is 1. The van der Waals surface area contributed by atoms with Gasteiger partial charge in [-0.2, -0.15) is 13.2 Å². The number of pyridine rings is 1. The Labute approximate surface area is 176 Å². The summed E-state index contributed by atoms with van der Waals surface area (Å²) in [6.07, 6.45) is 4.98. The number of halogens is 3. The minimum Gasteiger partial charge on any atom is -0.388 e. The molecule has 0 spiro atoms. The summed E-state index contributed by atoms with van der Waals surface area (Å²) < 4.78 is 38.7. The van der Waals surface area contributed by atoms with Gasteiger partial charge in [-0.25, -0.2) is 0 Å². The molecule has 1 heterocycles. The zero-order valence-electron chi connectivity index (χ0n) is 17.7. The number of aliphatic hydroxyl groups excluding tert-OH is 1. The monoisotopic (exact) mass is 417 g/mol. The van der Waals surface area contributed by atoms with Gasteiger partial charge in [-0.3, -0.25) is 4.98 Å². The maximum Gasteiger partial charge on any atom is 0.416 e. The van der Waals surface area contributed by atoms with E-state index in [4.69, 9.17) is 4.98 Å². The summed E-state index contributed by atoms with van der Waals surface area (Å²) in [6.45, 7) is 4.33. The number of nitrogens with zero attached hydrogens (tertiary/aromatic N) is 1. The van der Waals surface area contributed by atoms with E-state index in [1.807, 2.05) is 6.20 Å². The van der Waals surface area contributed by atoms with E-state index >= 15 is 0 Å². The van der Waals surface area contributed by atoms with Crippen LogP contribution in [0.25, 0.3) is 0 Å². The first-order chi connectivity index (χ1) is 14.1. The second kappa shape index (κ2) is 7.99. The third-order valence-corrected chi connectivity index (χ3v) is 6.74. The van der Waals surface area contributed by atoms with Crippen LogP contribution >= 0.6 is 0 Å². The Hall–Kier alpha value is -1.88. The van der Waals surface area contributed by atoms with Crippen molar-refractivity contribution in [2.45, 2.75) is 83.4 Å². The Morgan fingerprint density at radius 2 is 1.70 bits per heavy atom. The Bertz CT molecular complexity index is 896. The highest BCUT2D eigenvalue weighted by molar-refractivity contribution is 5.45. The molecule has 0 aliphatic heterocycles. The summed E-state index contributed by atoms with van der Waals surface area (Å²) >= 11 is 0. The molecule has 1 atom stereocenters. The van der Waals surface area contributed by atoms with Gasteiger partial charge in [0.25, 0.3) is 0 Å². The van der Waals surface area contributed by atoms with Gasteiger partial charge in [0.05, 0.1) is 11.7 Å². The van der Waals surface area contributed by atoms with Crippen LogP contribution in [0.5, 0.6) is 0 Å². The first kappa shape index (κ1) is 21.4. The van der Waals surface area contributed by atoms with Crippen molar-refractivity contribution in [1.29, 1.82) is 0 Å². The van der Waals surface area contributed by atoms with Gasteiger partial charge in [-0.05, 0) is 72.3 Å². The number of alkyl halides is 3. The highest BCUT2D eigenvalue weighted by Gasteiger charge is 2.36. The van der Waals surface area contributed by atoms with Crippen LogP contribution in [0.3, 0.4) is 0 Å². The summed E-state index contributed by atoms with van der Waals surface area (Å²) in [7, 11) is 0. The van der Waals surface area contributed by atoms with Crippen LogP contribution in [0, 0.1) is 5.41 Å². The molecule has 2 aromatic rings. The summed E-state index contributed by atoms with van der Waals surface area (Å²) in [5, 5.41) is 11.1. The van der Waals surface area contributed by atoms with Crippen LogP contribution in [0.15, 0.2) is 30.5 Å². The first-order valence-corrected chi connectivity index (χ1v) is 11.0. The van der Waals surface area contributed by atoms with Crippen molar-refractivity contribution in [2.75, 3.05) is 0 Å². The number of rotatable bonds is 3. The molecule has 1 N–H and O–H groups in total. The second-order valence-corrected chi connectivity index (χ2v) is 9.82. The number of hydrogen-bond acceptors (Lipinski definition) is 2. The molecule has 0 bridgehead atoms. The van der Waals surface area contributed by atoms with Crippen molar-refractivity contribution in [3.8, 4) is 0 Å². The van der Waals surface area contributed by atoms with Gasteiger partial charge in [0.2, 0.25) is 0 Å². The van der Waals surface area contributed by atoms with Crippen LogP contribution in [0.2, 0.25) is 0 Å². The van der Waals surface area contributed by atoms with Crippen LogP contribution in [0.1, 0.15) is 97.9 Å². The summed E-state index contributed by atoms with van der Waals surface area (Å²) in [6, 6.07) is 5.43. The molecular weight excluding hydrogens is 387 g/mol. The largest absolute Gasteiger partial charge is 0.416 e. The van der Waals surface area contributed by atoms with Crippen molar-refractivity contribution in [2.24, 2.45) is 5.41 Å². The predicted molar refractivity (Wildman–Crippen MR) is 111 cm³/mol. The lowest BCUT2D eigenvalue weighted by atomic mass is 9.70. The van der Waals surface area contributed by atoms with E-state index < -0.39 is 17.8 Å². The Morgan fingerprint density at radius 3 is 2.33 bits per heavy atom. The zero-order chi connectivity index (χ0) is 21.5. The first-order valence-electron chi connectivity index (χ1n) is 11.0. The molecule has 5 heteroatoms. The highest BCUT2D eigenvalue weighted by atomic mass is 19.4. The SMILES string of the molecule is CC1(C)Cc2ncc(Cc3ccc(C(F)(F)F)cc3)c(C3CCCCC3)c2C(O)C1. The summed E-state index contributed by atoms with van der Waals surface area (Å²) in [5.41, 5.74) is 4.51. The molecule has 1 saturated carbocycles. The van der Waals surface area contributed by atoms with Gasteiger partial charge in [0.15, 0.2) is 0 Å². The standard InChI is InChI=1S/C25H30F3NO/c1-24(2)13-20-23(21(30)14-24)22(17-6-4-3-5-7-17)18(15-29-20)12-16-8-10-19(11-9-16)25(26,27)28/h8-11,15,17,21,30H,3-7,12-14H2,1-2H3. The van der Waals surface area contributed by atoms with Crippen LogP contribution in [-0.2, 0) is 19.0 Å². The van der Waals surface area contributed by atoms with Crippen molar-refractivity contribution in [1.82, 2.24) is 4.98 Å². The maximum absolute atomic E-state index is 12.9. The average molecular weight is 418 g/mol. The van der Waals surface area contributed by atoms with E-state index in [-0.39, 0.29) is 5.41 Å². The fourth-order valence-corrected chi connectivity index (χ4v) is 5.33. The van der Waals surface area contributed by atoms with Gasteiger partial charge in [0.1, 0.15) is 0 Å².